The summed E-state index contributed by atoms with van der Waals surface area (Å²) in [4.78, 5) is 38.5. The highest BCUT2D eigenvalue weighted by molar-refractivity contribution is 6.30. The molecule has 1 amide bonds. The van der Waals surface area contributed by atoms with E-state index in [1.807, 2.05) is 6.92 Å². The van der Waals surface area contributed by atoms with Crippen LogP contribution < -0.4 is 15.8 Å². The number of halogens is 4. The average molecular weight is 615 g/mol. The van der Waals surface area contributed by atoms with Gasteiger partial charge < -0.3 is 20.5 Å². The summed E-state index contributed by atoms with van der Waals surface area (Å²) in [5, 5.41) is 2.68. The summed E-state index contributed by atoms with van der Waals surface area (Å²) >= 11 is 6.63. The lowest BCUT2D eigenvalue weighted by molar-refractivity contribution is -0.203. The number of hydrogen-bond donors (Lipinski definition) is 2. The third-order valence-corrected chi connectivity index (χ3v) is 8.45. The first-order chi connectivity index (χ1) is 20.4. The van der Waals surface area contributed by atoms with Crippen LogP contribution in [0.25, 0.3) is 16.8 Å². The van der Waals surface area contributed by atoms with E-state index in [9.17, 15) is 22.8 Å². The van der Waals surface area contributed by atoms with E-state index < -0.39 is 23.1 Å². The lowest BCUT2D eigenvalue weighted by Crippen LogP contribution is -2.53. The van der Waals surface area contributed by atoms with Gasteiger partial charge in [0.05, 0.1) is 18.4 Å². The van der Waals surface area contributed by atoms with Crippen LogP contribution in [0.2, 0.25) is 5.15 Å². The van der Waals surface area contributed by atoms with E-state index in [0.29, 0.717) is 41.9 Å². The molecule has 3 atom stereocenters. The molecule has 1 aromatic carbocycles. The molecule has 14 heteroatoms. The predicted octanol–water partition coefficient (Wildman–Crippen LogP) is 5.90. The Morgan fingerprint density at radius 2 is 2.07 bits per heavy atom. The van der Waals surface area contributed by atoms with Gasteiger partial charge in [0.1, 0.15) is 51.1 Å². The van der Waals surface area contributed by atoms with Crippen LogP contribution in [0.15, 0.2) is 42.7 Å². The summed E-state index contributed by atoms with van der Waals surface area (Å²) < 4.78 is 52.3. The van der Waals surface area contributed by atoms with Crippen molar-refractivity contribution in [1.82, 2.24) is 19.4 Å². The molecule has 1 unspecified atom stereocenters. The third-order valence-electron chi connectivity index (χ3n) is 8.18. The number of anilines is 2. The van der Waals surface area contributed by atoms with Crippen molar-refractivity contribution in [3.63, 3.8) is 0 Å². The minimum absolute atomic E-state index is 0.114. The zero-order chi connectivity index (χ0) is 30.7. The molecule has 224 valence electrons. The van der Waals surface area contributed by atoms with Crippen molar-refractivity contribution in [2.45, 2.75) is 51.3 Å². The first-order valence-corrected chi connectivity index (χ1v) is 14.0. The van der Waals surface area contributed by atoms with Gasteiger partial charge in [-0.05, 0) is 63.4 Å². The van der Waals surface area contributed by atoms with Crippen LogP contribution in [0.3, 0.4) is 0 Å². The monoisotopic (exact) mass is 614 g/mol. The number of rotatable bonds is 6. The van der Waals surface area contributed by atoms with E-state index in [0.717, 1.165) is 18.3 Å². The van der Waals surface area contributed by atoms with E-state index in [1.54, 1.807) is 17.4 Å². The fourth-order valence-electron chi connectivity index (χ4n) is 5.94. The summed E-state index contributed by atoms with van der Waals surface area (Å²) in [6.45, 7) is 3.90. The van der Waals surface area contributed by atoms with E-state index >= 15 is 0 Å². The molecule has 43 heavy (non-hydrogen) atoms. The maximum Gasteiger partial charge on any atom is 0.416 e. The first-order valence-electron chi connectivity index (χ1n) is 13.6. The number of nitrogen functional groups attached to an aromatic ring is 1. The minimum atomic E-state index is -4.59. The molecule has 1 aliphatic carbocycles. The second kappa shape index (κ2) is 10.4. The molecule has 1 saturated carbocycles. The number of nitrogens with one attached hydrogen (secondary N) is 1. The van der Waals surface area contributed by atoms with Crippen LogP contribution in [0, 0.1) is 5.41 Å². The van der Waals surface area contributed by atoms with Gasteiger partial charge in [0.2, 0.25) is 0 Å². The number of ether oxygens (including phenoxy) is 2. The highest BCUT2D eigenvalue weighted by atomic mass is 35.5. The molecular formula is C29H26ClF3N6O4. The number of benzene rings is 1. The number of carbonyl (C=O) groups is 2. The van der Waals surface area contributed by atoms with Crippen LogP contribution in [0.4, 0.5) is 24.8 Å². The van der Waals surface area contributed by atoms with Gasteiger partial charge in [-0.25, -0.2) is 15.0 Å². The molecule has 1 saturated heterocycles. The fraction of sp³-hybridized carbons (Fsp3) is 0.345. The number of nitrogens with two attached hydrogens (primary N) is 1. The molecule has 3 aromatic heterocycles. The minimum Gasteiger partial charge on any atom is -0.493 e. The number of pyridine rings is 1. The second-order valence-electron chi connectivity index (χ2n) is 10.6. The first kappa shape index (κ1) is 28.7. The van der Waals surface area contributed by atoms with Gasteiger partial charge in [0, 0.05) is 23.2 Å². The quantitative estimate of drug-likeness (QED) is 0.257. The number of alkyl halides is 3. The van der Waals surface area contributed by atoms with Gasteiger partial charge in [0.25, 0.3) is 5.91 Å². The molecular weight excluding hydrogens is 589 g/mol. The number of cyclic esters (lactones) is 1. The van der Waals surface area contributed by atoms with Crippen LogP contribution >= 0.6 is 11.6 Å². The lowest BCUT2D eigenvalue weighted by Gasteiger charge is -2.42. The number of carbonyl (C=O) groups excluding carboxylic acids is 2. The summed E-state index contributed by atoms with van der Waals surface area (Å²) in [5.74, 6) is -0.178. The van der Waals surface area contributed by atoms with Crippen LogP contribution in [0.1, 0.15) is 60.8 Å². The lowest BCUT2D eigenvalue weighted by atomic mass is 9.76. The van der Waals surface area contributed by atoms with Crippen molar-refractivity contribution in [3.05, 3.63) is 64.8 Å². The van der Waals surface area contributed by atoms with Crippen LogP contribution in [-0.2, 0) is 15.7 Å². The van der Waals surface area contributed by atoms with E-state index in [4.69, 9.17) is 31.8 Å². The summed E-state index contributed by atoms with van der Waals surface area (Å²) in [5.41, 5.74) is 6.33. The molecule has 0 radical (unpaired) electrons. The number of amides is 1. The van der Waals surface area contributed by atoms with Crippen molar-refractivity contribution in [1.29, 1.82) is 0 Å². The maximum atomic E-state index is 13.1. The second-order valence-corrected chi connectivity index (χ2v) is 11.0. The largest absolute Gasteiger partial charge is 0.493 e. The number of nitrogens with zero attached hydrogens (tertiary/aromatic N) is 4. The molecule has 0 bridgehead atoms. The third kappa shape index (κ3) is 4.81. The Morgan fingerprint density at radius 1 is 1.28 bits per heavy atom. The Bertz CT molecular complexity index is 1780. The van der Waals surface area contributed by atoms with Gasteiger partial charge in [-0.3, -0.25) is 14.0 Å². The van der Waals surface area contributed by atoms with E-state index in [-0.39, 0.29) is 52.7 Å². The Hall–Kier alpha value is -4.39. The van der Waals surface area contributed by atoms with Crippen molar-refractivity contribution in [3.8, 4) is 17.0 Å². The number of fused-ring (bicyclic) bond motifs is 1. The molecule has 1 spiro atoms. The number of aromatic nitrogens is 4. The molecule has 4 aromatic rings. The maximum absolute atomic E-state index is 13.1. The predicted molar refractivity (Wildman–Crippen MR) is 151 cm³/mol. The Kier molecular flexibility index (Phi) is 6.95. The molecule has 4 heterocycles. The van der Waals surface area contributed by atoms with Crippen molar-refractivity contribution < 1.29 is 32.2 Å². The highest BCUT2D eigenvalue weighted by Crippen LogP contribution is 2.55. The molecule has 6 rings (SSSR count). The fourth-order valence-corrected chi connectivity index (χ4v) is 6.16. The molecule has 1 aliphatic heterocycles. The van der Waals surface area contributed by atoms with Gasteiger partial charge in [-0.15, -0.1) is 0 Å². The number of hydrogen-bond acceptors (Lipinski definition) is 8. The number of imidazole rings is 1. The summed E-state index contributed by atoms with van der Waals surface area (Å²) in [7, 11) is 0. The standard InChI is InChI=1S/C29H26ClF3N6O4/c1-3-42-19-10-15(26(40)37-21-11-17(7-9-35-21)29(31,32)33)4-5-18(19)22-23-24(34)36-13-20(30)39(23)25(38-22)16-6-8-28(12-16)14(2)43-27(28)41/h4-5,7,9-11,13-14,16H,3,6,8,12H2,1-2H3,(H2,34,36)(H,35,37,40)/t14?,16-,28-/m1/s1. The van der Waals surface area contributed by atoms with Gasteiger partial charge in [0.15, 0.2) is 0 Å². The number of esters is 1. The Labute approximate surface area is 248 Å². The van der Waals surface area contributed by atoms with Crippen molar-refractivity contribution >= 4 is 40.6 Å². The van der Waals surface area contributed by atoms with Gasteiger partial charge in [-0.2, -0.15) is 13.2 Å². The Balaban J connectivity index is 1.39. The van der Waals surface area contributed by atoms with Gasteiger partial charge >= 0.3 is 12.1 Å². The van der Waals surface area contributed by atoms with Crippen LogP contribution in [0.5, 0.6) is 5.75 Å². The highest BCUT2D eigenvalue weighted by Gasteiger charge is 2.59. The summed E-state index contributed by atoms with van der Waals surface area (Å²) in [6, 6.07) is 6.16. The van der Waals surface area contributed by atoms with Crippen molar-refractivity contribution in [2.75, 3.05) is 17.7 Å². The van der Waals surface area contributed by atoms with Gasteiger partial charge in [-0.1, -0.05) is 11.6 Å². The zero-order valence-corrected chi connectivity index (χ0v) is 23.8. The summed E-state index contributed by atoms with van der Waals surface area (Å²) in [6.07, 6.45) is -0.470. The molecule has 10 nitrogen and oxygen atoms in total. The van der Waals surface area contributed by atoms with Crippen LogP contribution in [-0.4, -0.2) is 43.9 Å². The van der Waals surface area contributed by atoms with E-state index in [2.05, 4.69) is 15.3 Å². The smallest absolute Gasteiger partial charge is 0.416 e. The van der Waals surface area contributed by atoms with E-state index in [1.165, 1.54) is 18.3 Å². The molecule has 2 fully saturated rings. The molecule has 2 aliphatic rings. The topological polar surface area (TPSA) is 134 Å². The normalized spacial score (nSPS) is 21.6. The SMILES string of the molecule is CCOc1cc(C(=O)Nc2cc(C(F)(F)F)ccn2)ccc1-c1nc([C@@H]2CC[C@]3(C2)C(=O)OC3C)n2c(Cl)cnc(N)c12. The Morgan fingerprint density at radius 3 is 2.74 bits per heavy atom. The van der Waals surface area contributed by atoms with Crippen molar-refractivity contribution in [2.24, 2.45) is 5.41 Å². The average Bonchev–Trinajstić information content (AvgIpc) is 3.61. The molecule has 3 N–H and O–H groups in total. The zero-order valence-electron chi connectivity index (χ0n) is 23.0.